The van der Waals surface area contributed by atoms with Crippen molar-refractivity contribution in [2.24, 2.45) is 5.73 Å². The molecule has 138 valence electrons. The third-order valence-electron chi connectivity index (χ3n) is 4.13. The number of nitrogens with zero attached hydrogens (tertiary/aromatic N) is 1. The van der Waals surface area contributed by atoms with E-state index in [0.717, 1.165) is 23.4 Å². The van der Waals surface area contributed by atoms with Crippen molar-refractivity contribution in [3.05, 3.63) is 59.2 Å². The highest BCUT2D eigenvalue weighted by molar-refractivity contribution is 5.65. The molecule has 0 spiro atoms. The van der Waals surface area contributed by atoms with Crippen LogP contribution >= 0.6 is 0 Å². The number of nitrogens with two attached hydrogens (primary N) is 1. The van der Waals surface area contributed by atoms with Crippen LogP contribution in [0.4, 0.5) is 23.7 Å². The molecule has 2 aromatic rings. The van der Waals surface area contributed by atoms with Crippen LogP contribution in [0.3, 0.4) is 0 Å². The van der Waals surface area contributed by atoms with Crippen molar-refractivity contribution in [3.63, 3.8) is 0 Å². The van der Waals surface area contributed by atoms with Crippen molar-refractivity contribution >= 4 is 11.8 Å². The largest absolute Gasteiger partial charge is 0.482 e. The van der Waals surface area contributed by atoms with Crippen LogP contribution in [0, 0.1) is 0 Å². The van der Waals surface area contributed by atoms with Crippen molar-refractivity contribution in [2.75, 3.05) is 18.5 Å². The minimum absolute atomic E-state index is 0.0544. The maximum absolute atomic E-state index is 12.7. The number of amides is 1. The molecule has 1 aliphatic rings. The monoisotopic (exact) mass is 366 g/mol. The van der Waals surface area contributed by atoms with Crippen LogP contribution in [-0.2, 0) is 17.5 Å². The van der Waals surface area contributed by atoms with Crippen molar-refractivity contribution < 1.29 is 27.4 Å². The lowest BCUT2D eigenvalue weighted by Gasteiger charge is -2.34. The van der Waals surface area contributed by atoms with Crippen molar-refractivity contribution in [2.45, 2.75) is 18.9 Å². The van der Waals surface area contributed by atoms with Crippen LogP contribution in [0.5, 0.6) is 5.75 Å². The number of hydrogen-bond donors (Lipinski definition) is 1. The first kappa shape index (κ1) is 17.9. The van der Waals surface area contributed by atoms with E-state index in [1.165, 1.54) is 12.1 Å². The number of carbonyl (C=O) groups excluding carboxylic acids is 1. The summed E-state index contributed by atoms with van der Waals surface area (Å²) in [6.45, 7) is 0.525. The van der Waals surface area contributed by atoms with Crippen molar-refractivity contribution in [1.82, 2.24) is 0 Å². The van der Waals surface area contributed by atoms with Crippen molar-refractivity contribution in [3.8, 4) is 5.75 Å². The Balaban J connectivity index is 1.78. The summed E-state index contributed by atoms with van der Waals surface area (Å²) in [4.78, 5) is 12.6. The SMILES string of the molecule is CN1CC(c2ccc(C(F)(F)F)cc2)Oc2ccc(COC(N)=O)cc21. The molecule has 8 heteroatoms. The minimum Gasteiger partial charge on any atom is -0.482 e. The van der Waals surface area contributed by atoms with Crippen LogP contribution in [0.15, 0.2) is 42.5 Å². The van der Waals surface area contributed by atoms with E-state index >= 15 is 0 Å². The fourth-order valence-electron chi connectivity index (χ4n) is 2.80. The van der Waals surface area contributed by atoms with Gasteiger partial charge >= 0.3 is 12.3 Å². The van der Waals surface area contributed by atoms with E-state index in [2.05, 4.69) is 0 Å². The number of benzene rings is 2. The Morgan fingerprint density at radius 2 is 1.96 bits per heavy atom. The fraction of sp³-hybridized carbons (Fsp3) is 0.278. The van der Waals surface area contributed by atoms with Gasteiger partial charge in [0, 0.05) is 7.05 Å². The number of alkyl halides is 3. The van der Waals surface area contributed by atoms with Crippen LogP contribution < -0.4 is 15.4 Å². The van der Waals surface area contributed by atoms with E-state index < -0.39 is 17.8 Å². The van der Waals surface area contributed by atoms with E-state index in [1.807, 2.05) is 18.0 Å². The summed E-state index contributed by atoms with van der Waals surface area (Å²) in [5.41, 5.74) is 6.49. The Morgan fingerprint density at radius 3 is 2.58 bits per heavy atom. The first-order valence-electron chi connectivity index (χ1n) is 7.84. The molecule has 26 heavy (non-hydrogen) atoms. The van der Waals surface area contributed by atoms with Gasteiger partial charge in [-0.25, -0.2) is 4.79 Å². The Bertz CT molecular complexity index is 806. The molecule has 0 bridgehead atoms. The van der Waals surface area contributed by atoms with Gasteiger partial charge in [-0.15, -0.1) is 0 Å². The molecule has 1 unspecified atom stereocenters. The van der Waals surface area contributed by atoms with Crippen molar-refractivity contribution in [1.29, 1.82) is 0 Å². The molecule has 0 radical (unpaired) electrons. The zero-order valence-electron chi connectivity index (χ0n) is 13.9. The van der Waals surface area contributed by atoms with E-state index in [0.29, 0.717) is 17.9 Å². The maximum atomic E-state index is 12.7. The number of hydrogen-bond acceptors (Lipinski definition) is 4. The van der Waals surface area contributed by atoms with E-state index in [-0.39, 0.29) is 12.7 Å². The number of anilines is 1. The first-order chi connectivity index (χ1) is 12.2. The standard InChI is InChI=1S/C18H17F3N2O3/c1-23-9-16(12-3-5-13(6-4-12)18(19,20)21)26-15-7-2-11(8-14(15)23)10-25-17(22)24/h2-8,16H,9-10H2,1H3,(H2,22,24). The number of halogens is 3. The van der Waals surface area contributed by atoms with Gasteiger partial charge in [0.1, 0.15) is 18.5 Å². The summed E-state index contributed by atoms with van der Waals surface area (Å²) in [5.74, 6) is 0.603. The average Bonchev–Trinajstić information content (AvgIpc) is 2.59. The number of ether oxygens (including phenoxy) is 2. The molecular formula is C18H17F3N2O3. The quantitative estimate of drug-likeness (QED) is 0.896. The fourth-order valence-corrected chi connectivity index (χ4v) is 2.80. The number of rotatable bonds is 3. The smallest absolute Gasteiger partial charge is 0.416 e. The highest BCUT2D eigenvalue weighted by Gasteiger charge is 2.31. The predicted octanol–water partition coefficient (Wildman–Crippen LogP) is 3.87. The van der Waals surface area contributed by atoms with Gasteiger partial charge in [-0.1, -0.05) is 18.2 Å². The third-order valence-corrected chi connectivity index (χ3v) is 4.13. The summed E-state index contributed by atoms with van der Waals surface area (Å²) in [7, 11) is 1.86. The van der Waals surface area contributed by atoms with Gasteiger partial charge in [0.05, 0.1) is 17.8 Å². The van der Waals surface area contributed by atoms with Crippen LogP contribution in [0.25, 0.3) is 0 Å². The van der Waals surface area contributed by atoms with Gasteiger partial charge in [-0.2, -0.15) is 13.2 Å². The second-order valence-electron chi connectivity index (χ2n) is 6.02. The summed E-state index contributed by atoms with van der Waals surface area (Å²) in [6, 6.07) is 10.3. The molecule has 2 aromatic carbocycles. The molecule has 5 nitrogen and oxygen atoms in total. The second-order valence-corrected chi connectivity index (χ2v) is 6.02. The summed E-state index contributed by atoms with van der Waals surface area (Å²) in [6.07, 6.45) is -5.60. The topological polar surface area (TPSA) is 64.8 Å². The van der Waals surface area contributed by atoms with E-state index in [1.54, 1.807) is 12.1 Å². The van der Waals surface area contributed by atoms with E-state index in [4.69, 9.17) is 15.2 Å². The third kappa shape index (κ3) is 3.84. The van der Waals surface area contributed by atoms with Crippen LogP contribution in [0.2, 0.25) is 0 Å². The number of primary amides is 1. The van der Waals surface area contributed by atoms with Crippen LogP contribution in [0.1, 0.15) is 22.8 Å². The van der Waals surface area contributed by atoms with Gasteiger partial charge < -0.3 is 20.1 Å². The van der Waals surface area contributed by atoms with E-state index in [9.17, 15) is 18.0 Å². The lowest BCUT2D eigenvalue weighted by Crippen LogP contribution is -2.32. The molecule has 1 atom stereocenters. The lowest BCUT2D eigenvalue weighted by molar-refractivity contribution is -0.137. The zero-order valence-corrected chi connectivity index (χ0v) is 13.9. The Kier molecular flexibility index (Phi) is 4.67. The number of carbonyl (C=O) groups is 1. The normalized spacial score (nSPS) is 16.6. The molecule has 3 rings (SSSR count). The highest BCUT2D eigenvalue weighted by Crippen LogP contribution is 2.38. The summed E-state index contributed by atoms with van der Waals surface area (Å²) in [5, 5.41) is 0. The first-order valence-corrected chi connectivity index (χ1v) is 7.84. The molecule has 0 aliphatic carbocycles. The molecule has 1 heterocycles. The highest BCUT2D eigenvalue weighted by atomic mass is 19.4. The predicted molar refractivity (Wildman–Crippen MR) is 88.9 cm³/mol. The maximum Gasteiger partial charge on any atom is 0.416 e. The van der Waals surface area contributed by atoms with Gasteiger partial charge in [0.25, 0.3) is 0 Å². The lowest BCUT2D eigenvalue weighted by atomic mass is 10.0. The molecular weight excluding hydrogens is 349 g/mol. The van der Waals surface area contributed by atoms with Crippen LogP contribution in [-0.4, -0.2) is 19.7 Å². The average molecular weight is 366 g/mol. The molecule has 0 saturated heterocycles. The summed E-state index contributed by atoms with van der Waals surface area (Å²) >= 11 is 0. The Morgan fingerprint density at radius 1 is 1.27 bits per heavy atom. The molecule has 0 saturated carbocycles. The zero-order chi connectivity index (χ0) is 18.9. The second kappa shape index (κ2) is 6.78. The molecule has 0 fully saturated rings. The van der Waals surface area contributed by atoms with Gasteiger partial charge in [0.15, 0.2) is 0 Å². The molecule has 2 N–H and O–H groups in total. The molecule has 0 aromatic heterocycles. The van der Waals surface area contributed by atoms with Gasteiger partial charge in [0.2, 0.25) is 0 Å². The van der Waals surface area contributed by atoms with Gasteiger partial charge in [-0.05, 0) is 35.4 Å². The molecule has 1 aliphatic heterocycles. The molecule has 1 amide bonds. The Hall–Kier alpha value is -2.90. The van der Waals surface area contributed by atoms with Gasteiger partial charge in [-0.3, -0.25) is 0 Å². The summed E-state index contributed by atoms with van der Waals surface area (Å²) < 4.78 is 48.8. The Labute approximate surface area is 148 Å². The minimum atomic E-state index is -4.36. The number of likely N-dealkylation sites (N-methyl/N-ethyl adjacent to an activating group) is 1. The number of fused-ring (bicyclic) bond motifs is 1.